The van der Waals surface area contributed by atoms with Crippen LogP contribution in [0.4, 0.5) is 4.39 Å². The van der Waals surface area contributed by atoms with Gasteiger partial charge in [0.2, 0.25) is 10.0 Å². The SMILES string of the molecule is NC1CCC(NS(=O)(=O)c2cccc(Br)c2F)CC1. The van der Waals surface area contributed by atoms with Crippen molar-refractivity contribution in [2.75, 3.05) is 0 Å². The van der Waals surface area contributed by atoms with Crippen molar-refractivity contribution in [1.82, 2.24) is 4.72 Å². The standard InChI is InChI=1S/C12H16BrFN2O2S/c13-10-2-1-3-11(12(10)14)19(17,18)16-9-6-4-8(15)5-7-9/h1-3,8-9,16H,4-7,15H2. The van der Waals surface area contributed by atoms with Crippen LogP contribution in [0.2, 0.25) is 0 Å². The van der Waals surface area contributed by atoms with Gasteiger partial charge in [0.05, 0.1) is 4.47 Å². The molecule has 0 spiro atoms. The average Bonchev–Trinajstić information content (AvgIpc) is 2.35. The highest BCUT2D eigenvalue weighted by molar-refractivity contribution is 9.10. The van der Waals surface area contributed by atoms with E-state index in [1.165, 1.54) is 18.2 Å². The topological polar surface area (TPSA) is 72.2 Å². The predicted molar refractivity (Wildman–Crippen MR) is 74.7 cm³/mol. The molecular weight excluding hydrogens is 335 g/mol. The Kier molecular flexibility index (Phi) is 4.60. The second-order valence-corrected chi connectivity index (χ2v) is 7.32. The number of sulfonamides is 1. The monoisotopic (exact) mass is 350 g/mol. The summed E-state index contributed by atoms with van der Waals surface area (Å²) < 4.78 is 40.8. The summed E-state index contributed by atoms with van der Waals surface area (Å²) in [7, 11) is -3.83. The Hall–Kier alpha value is -0.500. The first-order valence-corrected chi connectivity index (χ1v) is 8.39. The van der Waals surface area contributed by atoms with E-state index in [0.29, 0.717) is 12.8 Å². The summed E-state index contributed by atoms with van der Waals surface area (Å²) in [5, 5.41) is 0. The molecule has 7 heteroatoms. The number of hydrogen-bond donors (Lipinski definition) is 2. The first-order chi connectivity index (χ1) is 8.90. The summed E-state index contributed by atoms with van der Waals surface area (Å²) in [6.07, 6.45) is 2.95. The maximum absolute atomic E-state index is 13.8. The second kappa shape index (κ2) is 5.87. The molecule has 0 unspecified atom stereocenters. The van der Waals surface area contributed by atoms with Crippen molar-refractivity contribution in [2.45, 2.75) is 42.7 Å². The van der Waals surface area contributed by atoms with Crippen LogP contribution in [0.25, 0.3) is 0 Å². The number of nitrogens with one attached hydrogen (secondary N) is 1. The molecular formula is C12H16BrFN2O2S. The van der Waals surface area contributed by atoms with Crippen LogP contribution in [-0.4, -0.2) is 20.5 Å². The third-order valence-corrected chi connectivity index (χ3v) is 5.45. The zero-order valence-corrected chi connectivity index (χ0v) is 12.7. The van der Waals surface area contributed by atoms with Gasteiger partial charge in [0, 0.05) is 12.1 Å². The van der Waals surface area contributed by atoms with Gasteiger partial charge in [0.1, 0.15) is 4.90 Å². The number of benzene rings is 1. The Morgan fingerprint density at radius 3 is 2.53 bits per heavy atom. The highest BCUT2D eigenvalue weighted by Crippen LogP contribution is 2.24. The van der Waals surface area contributed by atoms with Crippen molar-refractivity contribution in [3.8, 4) is 0 Å². The molecule has 0 atom stereocenters. The minimum Gasteiger partial charge on any atom is -0.328 e. The van der Waals surface area contributed by atoms with E-state index in [-0.39, 0.29) is 21.5 Å². The maximum atomic E-state index is 13.8. The molecule has 0 radical (unpaired) electrons. The highest BCUT2D eigenvalue weighted by Gasteiger charge is 2.26. The fourth-order valence-corrected chi connectivity index (χ4v) is 4.11. The van der Waals surface area contributed by atoms with Crippen molar-refractivity contribution in [2.24, 2.45) is 5.73 Å². The van der Waals surface area contributed by atoms with Crippen molar-refractivity contribution >= 4 is 26.0 Å². The zero-order valence-electron chi connectivity index (χ0n) is 10.3. The number of hydrogen-bond acceptors (Lipinski definition) is 3. The van der Waals surface area contributed by atoms with Gasteiger partial charge in [-0.25, -0.2) is 17.5 Å². The second-order valence-electron chi connectivity index (χ2n) is 4.78. The fraction of sp³-hybridized carbons (Fsp3) is 0.500. The molecule has 0 bridgehead atoms. The van der Waals surface area contributed by atoms with E-state index >= 15 is 0 Å². The normalized spacial score (nSPS) is 24.4. The van der Waals surface area contributed by atoms with E-state index in [9.17, 15) is 12.8 Å². The van der Waals surface area contributed by atoms with Crippen LogP contribution in [0.5, 0.6) is 0 Å². The molecule has 106 valence electrons. The minimum atomic E-state index is -3.83. The highest BCUT2D eigenvalue weighted by atomic mass is 79.9. The maximum Gasteiger partial charge on any atom is 0.243 e. The van der Waals surface area contributed by atoms with Crippen LogP contribution in [0.15, 0.2) is 27.6 Å². The van der Waals surface area contributed by atoms with Gasteiger partial charge in [-0.15, -0.1) is 0 Å². The molecule has 1 aliphatic rings. The summed E-state index contributed by atoms with van der Waals surface area (Å²) in [4.78, 5) is -0.322. The third kappa shape index (κ3) is 3.53. The van der Waals surface area contributed by atoms with Gasteiger partial charge in [0.15, 0.2) is 5.82 Å². The number of nitrogens with two attached hydrogens (primary N) is 1. The Balaban J connectivity index is 2.16. The first kappa shape index (κ1) is 14.9. The molecule has 1 aromatic carbocycles. The minimum absolute atomic E-state index is 0.140. The predicted octanol–water partition coefficient (Wildman–Crippen LogP) is 2.14. The molecule has 1 fully saturated rings. The molecule has 0 amide bonds. The Labute approximate surface area is 120 Å². The lowest BCUT2D eigenvalue weighted by atomic mass is 9.93. The molecule has 4 nitrogen and oxygen atoms in total. The van der Waals surface area contributed by atoms with Gasteiger partial charge < -0.3 is 5.73 Å². The molecule has 19 heavy (non-hydrogen) atoms. The van der Waals surface area contributed by atoms with Gasteiger partial charge in [-0.05, 0) is 53.7 Å². The fourth-order valence-electron chi connectivity index (χ4n) is 2.21. The van der Waals surface area contributed by atoms with Crippen molar-refractivity contribution < 1.29 is 12.8 Å². The Morgan fingerprint density at radius 2 is 1.89 bits per heavy atom. The Bertz CT molecular complexity index is 557. The van der Waals surface area contributed by atoms with Gasteiger partial charge >= 0.3 is 0 Å². The van der Waals surface area contributed by atoms with E-state index in [0.717, 1.165) is 12.8 Å². The van der Waals surface area contributed by atoms with E-state index in [1.807, 2.05) is 0 Å². The molecule has 0 aliphatic heterocycles. The first-order valence-electron chi connectivity index (χ1n) is 6.12. The van der Waals surface area contributed by atoms with Crippen molar-refractivity contribution in [3.05, 3.63) is 28.5 Å². The quantitative estimate of drug-likeness (QED) is 0.876. The van der Waals surface area contributed by atoms with Crippen LogP contribution in [-0.2, 0) is 10.0 Å². The molecule has 3 N–H and O–H groups in total. The van der Waals surface area contributed by atoms with Gasteiger partial charge in [-0.2, -0.15) is 0 Å². The number of rotatable bonds is 3. The molecule has 1 aromatic rings. The average molecular weight is 351 g/mol. The summed E-state index contributed by atoms with van der Waals surface area (Å²) in [6.45, 7) is 0. The molecule has 0 aromatic heterocycles. The zero-order chi connectivity index (χ0) is 14.0. The Morgan fingerprint density at radius 1 is 1.26 bits per heavy atom. The lowest BCUT2D eigenvalue weighted by molar-refractivity contribution is 0.373. The van der Waals surface area contributed by atoms with E-state index in [2.05, 4.69) is 20.7 Å². The smallest absolute Gasteiger partial charge is 0.243 e. The van der Waals surface area contributed by atoms with Crippen molar-refractivity contribution in [3.63, 3.8) is 0 Å². The van der Waals surface area contributed by atoms with E-state index in [4.69, 9.17) is 5.73 Å². The van der Waals surface area contributed by atoms with Gasteiger partial charge in [0.25, 0.3) is 0 Å². The molecule has 2 rings (SSSR count). The third-order valence-electron chi connectivity index (χ3n) is 3.30. The molecule has 1 saturated carbocycles. The van der Waals surface area contributed by atoms with Gasteiger partial charge in [-0.1, -0.05) is 6.07 Å². The van der Waals surface area contributed by atoms with Crippen molar-refractivity contribution in [1.29, 1.82) is 0 Å². The van der Waals surface area contributed by atoms with Gasteiger partial charge in [-0.3, -0.25) is 0 Å². The van der Waals surface area contributed by atoms with Crippen LogP contribution in [0.1, 0.15) is 25.7 Å². The molecule has 0 saturated heterocycles. The van der Waals surface area contributed by atoms with Crippen LogP contribution < -0.4 is 10.5 Å². The largest absolute Gasteiger partial charge is 0.328 e. The summed E-state index contributed by atoms with van der Waals surface area (Å²) in [5.74, 6) is -0.762. The summed E-state index contributed by atoms with van der Waals surface area (Å²) >= 11 is 2.99. The molecule has 0 heterocycles. The van der Waals surface area contributed by atoms with Crippen LogP contribution >= 0.6 is 15.9 Å². The van der Waals surface area contributed by atoms with E-state index < -0.39 is 15.8 Å². The molecule has 1 aliphatic carbocycles. The summed E-state index contributed by atoms with van der Waals surface area (Å²) in [6, 6.07) is 4.20. The summed E-state index contributed by atoms with van der Waals surface area (Å²) in [5.41, 5.74) is 5.77. The lowest BCUT2D eigenvalue weighted by Gasteiger charge is -2.26. The lowest BCUT2D eigenvalue weighted by Crippen LogP contribution is -2.40. The van der Waals surface area contributed by atoms with Crippen LogP contribution in [0, 0.1) is 5.82 Å². The number of halogens is 2. The van der Waals surface area contributed by atoms with Crippen LogP contribution in [0.3, 0.4) is 0 Å². The van der Waals surface area contributed by atoms with E-state index in [1.54, 1.807) is 0 Å².